The Morgan fingerprint density at radius 1 is 1.07 bits per heavy atom. The summed E-state index contributed by atoms with van der Waals surface area (Å²) in [5.74, 6) is -0.472. The third kappa shape index (κ3) is 5.45. The van der Waals surface area contributed by atoms with Gasteiger partial charge in [0.1, 0.15) is 12.2 Å². The average molecular weight is 427 g/mol. The van der Waals surface area contributed by atoms with E-state index in [-0.39, 0.29) is 42.5 Å². The van der Waals surface area contributed by atoms with Crippen molar-refractivity contribution in [3.63, 3.8) is 0 Å². The lowest BCUT2D eigenvalue weighted by Gasteiger charge is -2.13. The molecule has 0 unspecified atom stereocenters. The van der Waals surface area contributed by atoms with Gasteiger partial charge in [-0.1, -0.05) is 30.7 Å². The van der Waals surface area contributed by atoms with Crippen molar-refractivity contribution < 1.29 is 9.59 Å². The number of fused-ring (bicyclic) bond motifs is 1. The fraction of sp³-hybridized carbons (Fsp3) is 0.273. The number of carbonyl (C=O) groups excluding carboxylic acids is 2. The Kier molecular flexibility index (Phi) is 7.19. The summed E-state index contributed by atoms with van der Waals surface area (Å²) in [7, 11) is 0. The van der Waals surface area contributed by atoms with Crippen LogP contribution in [0.2, 0.25) is 5.02 Å². The summed E-state index contributed by atoms with van der Waals surface area (Å²) < 4.78 is 1.40. The molecule has 156 valence electrons. The molecule has 2 aromatic carbocycles. The molecule has 0 atom stereocenters. The van der Waals surface area contributed by atoms with Crippen LogP contribution >= 0.6 is 11.6 Å². The molecule has 3 rings (SSSR count). The molecule has 7 nitrogen and oxygen atoms in total. The number of amides is 2. The summed E-state index contributed by atoms with van der Waals surface area (Å²) >= 11 is 5.87. The summed E-state index contributed by atoms with van der Waals surface area (Å²) in [4.78, 5) is 41.9. The zero-order valence-electron chi connectivity index (χ0n) is 16.7. The quantitative estimate of drug-likeness (QED) is 0.578. The fourth-order valence-electron chi connectivity index (χ4n) is 3.03. The summed E-state index contributed by atoms with van der Waals surface area (Å²) in [6, 6.07) is 13.9. The first-order valence-electron chi connectivity index (χ1n) is 9.78. The van der Waals surface area contributed by atoms with E-state index in [1.807, 2.05) is 13.0 Å². The molecule has 30 heavy (non-hydrogen) atoms. The Morgan fingerprint density at radius 2 is 1.80 bits per heavy atom. The molecule has 0 fully saturated rings. The maximum Gasteiger partial charge on any atom is 0.273 e. The Labute approximate surface area is 179 Å². The minimum Gasteiger partial charge on any atom is -0.356 e. The van der Waals surface area contributed by atoms with E-state index in [1.165, 1.54) is 4.57 Å². The van der Waals surface area contributed by atoms with Crippen molar-refractivity contribution in [1.29, 1.82) is 0 Å². The number of nitrogens with one attached hydrogen (secondary N) is 2. The van der Waals surface area contributed by atoms with E-state index in [2.05, 4.69) is 15.6 Å². The number of hydrogen-bond donors (Lipinski definition) is 2. The van der Waals surface area contributed by atoms with Gasteiger partial charge in [-0.2, -0.15) is 0 Å². The van der Waals surface area contributed by atoms with E-state index < -0.39 is 0 Å². The molecular weight excluding hydrogens is 404 g/mol. The van der Waals surface area contributed by atoms with Gasteiger partial charge in [0.15, 0.2) is 0 Å². The highest BCUT2D eigenvalue weighted by atomic mass is 35.5. The van der Waals surface area contributed by atoms with Gasteiger partial charge in [0.05, 0.1) is 11.0 Å². The van der Waals surface area contributed by atoms with Crippen molar-refractivity contribution >= 4 is 40.1 Å². The molecule has 1 aromatic heterocycles. The maximum atomic E-state index is 13.0. The summed E-state index contributed by atoms with van der Waals surface area (Å²) in [6.45, 7) is 2.40. The predicted octanol–water partition coefficient (Wildman–Crippen LogP) is 3.15. The van der Waals surface area contributed by atoms with Gasteiger partial charge < -0.3 is 10.6 Å². The van der Waals surface area contributed by atoms with Gasteiger partial charge in [0, 0.05) is 30.1 Å². The predicted molar refractivity (Wildman–Crippen MR) is 118 cm³/mol. The molecule has 0 bridgehead atoms. The maximum absolute atomic E-state index is 13.0. The highest BCUT2D eigenvalue weighted by molar-refractivity contribution is 6.30. The lowest BCUT2D eigenvalue weighted by atomic mass is 10.2. The summed E-state index contributed by atoms with van der Waals surface area (Å²) in [5.41, 5.74) is 1.64. The molecule has 3 aromatic rings. The molecule has 0 radical (unpaired) electrons. The molecule has 0 aliphatic carbocycles. The number of nitrogens with zero attached hydrogens (tertiary/aromatic N) is 2. The first-order valence-corrected chi connectivity index (χ1v) is 10.2. The largest absolute Gasteiger partial charge is 0.356 e. The minimum absolute atomic E-state index is 0.127. The Morgan fingerprint density at radius 3 is 2.53 bits per heavy atom. The standard InChI is InChI=1S/C22H23ClN4O3/c1-2-13-24-20(28)12-11-18-22(30)27(19-6-4-3-5-17(19)26-18)14-21(29)25-16-9-7-15(23)8-10-16/h3-10H,2,11-14H2,1H3,(H,24,28)(H,25,29). The number of anilines is 1. The average Bonchev–Trinajstić information content (AvgIpc) is 2.74. The first-order chi connectivity index (χ1) is 14.5. The highest BCUT2D eigenvalue weighted by Crippen LogP contribution is 2.14. The van der Waals surface area contributed by atoms with Crippen molar-refractivity contribution in [3.8, 4) is 0 Å². The van der Waals surface area contributed by atoms with Gasteiger partial charge in [-0.15, -0.1) is 0 Å². The van der Waals surface area contributed by atoms with Crippen molar-refractivity contribution in [2.45, 2.75) is 32.7 Å². The Hall–Kier alpha value is -3.19. The second-order valence-corrected chi connectivity index (χ2v) is 7.28. The number of benzene rings is 2. The van der Waals surface area contributed by atoms with E-state index in [4.69, 9.17) is 11.6 Å². The normalized spacial score (nSPS) is 10.7. The fourth-order valence-corrected chi connectivity index (χ4v) is 3.15. The summed E-state index contributed by atoms with van der Waals surface area (Å²) in [6.07, 6.45) is 1.21. The van der Waals surface area contributed by atoms with Crippen LogP contribution in [0.4, 0.5) is 5.69 Å². The molecule has 8 heteroatoms. The molecule has 0 aliphatic rings. The number of aryl methyl sites for hydroxylation is 1. The molecule has 1 heterocycles. The molecule has 0 spiro atoms. The number of rotatable bonds is 8. The van der Waals surface area contributed by atoms with Crippen molar-refractivity contribution in [2.75, 3.05) is 11.9 Å². The molecule has 0 saturated heterocycles. The third-order valence-corrected chi connectivity index (χ3v) is 4.76. The van der Waals surface area contributed by atoms with E-state index in [0.717, 1.165) is 6.42 Å². The van der Waals surface area contributed by atoms with E-state index >= 15 is 0 Å². The van der Waals surface area contributed by atoms with Crippen molar-refractivity contribution in [1.82, 2.24) is 14.9 Å². The number of hydrogen-bond acceptors (Lipinski definition) is 4. The smallest absolute Gasteiger partial charge is 0.273 e. The number of para-hydroxylation sites is 2. The van der Waals surface area contributed by atoms with Crippen LogP contribution in [0.1, 0.15) is 25.5 Å². The second kappa shape index (κ2) is 10.0. The lowest BCUT2D eigenvalue weighted by Crippen LogP contribution is -2.32. The number of halogens is 1. The molecule has 0 aliphatic heterocycles. The van der Waals surface area contributed by atoms with Gasteiger partial charge >= 0.3 is 0 Å². The van der Waals surface area contributed by atoms with Crippen LogP contribution in [0, 0.1) is 0 Å². The van der Waals surface area contributed by atoms with Crippen molar-refractivity contribution in [2.24, 2.45) is 0 Å². The van der Waals surface area contributed by atoms with E-state index in [9.17, 15) is 14.4 Å². The highest BCUT2D eigenvalue weighted by Gasteiger charge is 2.15. The zero-order valence-corrected chi connectivity index (χ0v) is 17.4. The van der Waals surface area contributed by atoms with Gasteiger partial charge in [-0.25, -0.2) is 4.98 Å². The zero-order chi connectivity index (χ0) is 21.5. The minimum atomic E-state index is -0.372. The van der Waals surface area contributed by atoms with Crippen LogP contribution in [-0.4, -0.2) is 27.9 Å². The Balaban J connectivity index is 1.84. The number of carbonyl (C=O) groups is 2. The van der Waals surface area contributed by atoms with Gasteiger partial charge in [-0.3, -0.25) is 19.0 Å². The van der Waals surface area contributed by atoms with Crippen LogP contribution in [0.25, 0.3) is 11.0 Å². The summed E-state index contributed by atoms with van der Waals surface area (Å²) in [5, 5.41) is 6.12. The monoisotopic (exact) mass is 426 g/mol. The van der Waals surface area contributed by atoms with Gasteiger partial charge in [-0.05, 0) is 42.8 Å². The lowest BCUT2D eigenvalue weighted by molar-refractivity contribution is -0.121. The third-order valence-electron chi connectivity index (χ3n) is 4.51. The van der Waals surface area contributed by atoms with Crippen LogP contribution < -0.4 is 16.2 Å². The van der Waals surface area contributed by atoms with Crippen LogP contribution in [0.15, 0.2) is 53.3 Å². The SMILES string of the molecule is CCCNC(=O)CCc1nc2ccccc2n(CC(=O)Nc2ccc(Cl)cc2)c1=O. The van der Waals surface area contributed by atoms with E-state index in [1.54, 1.807) is 42.5 Å². The topological polar surface area (TPSA) is 93.1 Å². The molecule has 2 amide bonds. The molecule has 0 saturated carbocycles. The van der Waals surface area contributed by atoms with E-state index in [0.29, 0.717) is 28.3 Å². The molecular formula is C22H23ClN4O3. The van der Waals surface area contributed by atoms with Gasteiger partial charge in [0.2, 0.25) is 11.8 Å². The van der Waals surface area contributed by atoms with Crippen molar-refractivity contribution in [3.05, 3.63) is 69.6 Å². The van der Waals surface area contributed by atoms with Crippen LogP contribution in [0.3, 0.4) is 0 Å². The molecule has 2 N–H and O–H groups in total. The second-order valence-electron chi connectivity index (χ2n) is 6.84. The number of aromatic nitrogens is 2. The van der Waals surface area contributed by atoms with Crippen LogP contribution in [0.5, 0.6) is 0 Å². The van der Waals surface area contributed by atoms with Gasteiger partial charge in [0.25, 0.3) is 5.56 Å². The first kappa shape index (κ1) is 21.5. The Bertz CT molecular complexity index is 1110. The van der Waals surface area contributed by atoms with Crippen LogP contribution in [-0.2, 0) is 22.6 Å².